The lowest BCUT2D eigenvalue weighted by Gasteiger charge is -2.25. The van der Waals surface area contributed by atoms with Gasteiger partial charge in [0.05, 0.1) is 13.2 Å². The molecule has 1 aromatic carbocycles. The number of benzene rings is 1. The number of likely N-dealkylation sites (tertiary alicyclic amines) is 1. The van der Waals surface area contributed by atoms with Gasteiger partial charge in [0.15, 0.2) is 0 Å². The molecule has 0 radical (unpaired) electrons. The van der Waals surface area contributed by atoms with Gasteiger partial charge in [-0.1, -0.05) is 30.3 Å². The Bertz CT molecular complexity index is 731. The van der Waals surface area contributed by atoms with Crippen molar-refractivity contribution in [2.24, 2.45) is 5.92 Å². The topological polar surface area (TPSA) is 109 Å². The van der Waals surface area contributed by atoms with Crippen LogP contribution in [0.3, 0.4) is 0 Å². The predicted molar refractivity (Wildman–Crippen MR) is 99.7 cm³/mol. The van der Waals surface area contributed by atoms with Crippen LogP contribution in [0, 0.1) is 17.2 Å². The highest BCUT2D eigenvalue weighted by atomic mass is 16.6. The molecule has 1 heterocycles. The van der Waals surface area contributed by atoms with E-state index < -0.39 is 36.0 Å². The van der Waals surface area contributed by atoms with Gasteiger partial charge in [-0.2, -0.15) is 5.26 Å². The van der Waals surface area contributed by atoms with Crippen LogP contribution in [-0.4, -0.2) is 48.6 Å². The zero-order valence-electron chi connectivity index (χ0n) is 16.1. The largest absolute Gasteiger partial charge is 0.467 e. The Labute approximate surface area is 164 Å². The summed E-state index contributed by atoms with van der Waals surface area (Å²) in [6, 6.07) is 9.65. The van der Waals surface area contributed by atoms with Crippen LogP contribution in [0.25, 0.3) is 0 Å². The first-order valence-electron chi connectivity index (χ1n) is 9.21. The van der Waals surface area contributed by atoms with Gasteiger partial charge in [0, 0.05) is 12.5 Å². The van der Waals surface area contributed by atoms with Gasteiger partial charge in [-0.15, -0.1) is 0 Å². The van der Waals surface area contributed by atoms with Crippen molar-refractivity contribution in [1.82, 2.24) is 10.2 Å². The van der Waals surface area contributed by atoms with E-state index in [-0.39, 0.29) is 13.0 Å². The highest BCUT2D eigenvalue weighted by Crippen LogP contribution is 2.20. The summed E-state index contributed by atoms with van der Waals surface area (Å²) in [5.41, 5.74) is 0.854. The minimum absolute atomic E-state index is 0.120. The van der Waals surface area contributed by atoms with Crippen molar-refractivity contribution < 1.29 is 23.9 Å². The Kier molecular flexibility index (Phi) is 7.81. The first-order valence-corrected chi connectivity index (χ1v) is 9.21. The van der Waals surface area contributed by atoms with Gasteiger partial charge in [-0.25, -0.2) is 9.59 Å². The number of hydrogen-bond donors (Lipinski definition) is 1. The lowest BCUT2D eigenvalue weighted by Crippen LogP contribution is -2.51. The fraction of sp³-hybridized carbons (Fsp3) is 0.500. The van der Waals surface area contributed by atoms with Crippen molar-refractivity contribution in [2.75, 3.05) is 13.7 Å². The van der Waals surface area contributed by atoms with Crippen LogP contribution in [0.5, 0.6) is 0 Å². The van der Waals surface area contributed by atoms with Crippen molar-refractivity contribution in [3.05, 3.63) is 35.9 Å². The number of carbonyl (C=O) groups is 3. The van der Waals surface area contributed by atoms with Gasteiger partial charge >= 0.3 is 12.1 Å². The number of nitrogens with zero attached hydrogens (tertiary/aromatic N) is 2. The first kappa shape index (κ1) is 21.2. The van der Waals surface area contributed by atoms with Crippen LogP contribution < -0.4 is 5.32 Å². The first-order chi connectivity index (χ1) is 13.5. The maximum absolute atomic E-state index is 12.7. The molecule has 150 valence electrons. The number of methoxy groups -OCH3 is 1. The fourth-order valence-corrected chi connectivity index (χ4v) is 3.09. The van der Waals surface area contributed by atoms with Crippen molar-refractivity contribution in [3.63, 3.8) is 0 Å². The molecule has 8 nitrogen and oxygen atoms in total. The van der Waals surface area contributed by atoms with Crippen LogP contribution in [-0.2, 0) is 25.7 Å². The molecular formula is C20H25N3O5. The highest BCUT2D eigenvalue weighted by molar-refractivity contribution is 5.90. The van der Waals surface area contributed by atoms with Gasteiger partial charge in [0.2, 0.25) is 5.91 Å². The molecule has 3 atom stereocenters. The van der Waals surface area contributed by atoms with Gasteiger partial charge in [-0.05, 0) is 31.7 Å². The normalized spacial score (nSPS) is 17.9. The summed E-state index contributed by atoms with van der Waals surface area (Å²) in [5, 5.41) is 11.6. The summed E-state index contributed by atoms with van der Waals surface area (Å²) in [7, 11) is 1.22. The number of carbonyl (C=O) groups excluding carboxylic acids is 3. The number of esters is 1. The van der Waals surface area contributed by atoms with Crippen molar-refractivity contribution in [3.8, 4) is 6.07 Å². The van der Waals surface area contributed by atoms with E-state index >= 15 is 0 Å². The second kappa shape index (κ2) is 10.3. The second-order valence-corrected chi connectivity index (χ2v) is 6.74. The van der Waals surface area contributed by atoms with Crippen molar-refractivity contribution >= 4 is 18.0 Å². The van der Waals surface area contributed by atoms with Gasteiger partial charge in [-0.3, -0.25) is 9.69 Å². The quantitative estimate of drug-likeness (QED) is 0.717. The Balaban J connectivity index is 1.97. The van der Waals surface area contributed by atoms with E-state index in [4.69, 9.17) is 14.7 Å². The third-order valence-corrected chi connectivity index (χ3v) is 4.61. The molecule has 1 aliphatic heterocycles. The molecule has 1 aromatic rings. The minimum atomic E-state index is -0.935. The summed E-state index contributed by atoms with van der Waals surface area (Å²) in [6.07, 6.45) is 0.714. The van der Waals surface area contributed by atoms with E-state index in [1.54, 1.807) is 6.92 Å². The molecule has 2 amide bonds. The maximum Gasteiger partial charge on any atom is 0.410 e. The van der Waals surface area contributed by atoms with E-state index in [2.05, 4.69) is 5.32 Å². The van der Waals surface area contributed by atoms with Crippen LogP contribution in [0.2, 0.25) is 0 Å². The second-order valence-electron chi connectivity index (χ2n) is 6.74. The highest BCUT2D eigenvalue weighted by Gasteiger charge is 2.37. The van der Waals surface area contributed by atoms with Crippen molar-refractivity contribution in [1.29, 1.82) is 5.26 Å². The molecule has 0 spiro atoms. The van der Waals surface area contributed by atoms with E-state index in [0.717, 1.165) is 5.56 Å². The molecule has 2 rings (SSSR count). The number of ether oxygens (including phenoxy) is 2. The molecule has 8 heteroatoms. The average Bonchev–Trinajstić information content (AvgIpc) is 3.21. The lowest BCUT2D eigenvalue weighted by molar-refractivity contribution is -0.146. The molecule has 0 bridgehead atoms. The van der Waals surface area contributed by atoms with Crippen LogP contribution in [0.15, 0.2) is 30.3 Å². The molecule has 0 unspecified atom stereocenters. The van der Waals surface area contributed by atoms with Crippen molar-refractivity contribution in [2.45, 2.75) is 44.9 Å². The Morgan fingerprint density at radius 3 is 2.68 bits per heavy atom. The SMILES string of the molecule is COC(=O)[C@H](C[C@H](C)C#N)NC(=O)[C@H]1CCCN1C(=O)OCc1ccccc1. The molecule has 0 aromatic heterocycles. The number of nitrogens with one attached hydrogen (secondary N) is 1. The van der Waals surface area contributed by atoms with E-state index in [9.17, 15) is 14.4 Å². The van der Waals surface area contributed by atoms with Gasteiger partial charge in [0.1, 0.15) is 18.7 Å². The fourth-order valence-electron chi connectivity index (χ4n) is 3.09. The molecule has 1 N–H and O–H groups in total. The maximum atomic E-state index is 12.7. The zero-order valence-corrected chi connectivity index (χ0v) is 16.1. The van der Waals surface area contributed by atoms with E-state index in [1.807, 2.05) is 36.4 Å². The van der Waals surface area contributed by atoms with E-state index in [1.165, 1.54) is 12.0 Å². The van der Waals surface area contributed by atoms with Crippen LogP contribution in [0.1, 0.15) is 31.7 Å². The molecule has 1 aliphatic rings. The number of rotatable bonds is 7. The summed E-state index contributed by atoms with van der Waals surface area (Å²) < 4.78 is 10.0. The molecule has 28 heavy (non-hydrogen) atoms. The number of nitriles is 1. The van der Waals surface area contributed by atoms with Gasteiger partial charge < -0.3 is 14.8 Å². The van der Waals surface area contributed by atoms with E-state index in [0.29, 0.717) is 19.4 Å². The lowest BCUT2D eigenvalue weighted by atomic mass is 10.0. The third kappa shape index (κ3) is 5.71. The average molecular weight is 387 g/mol. The van der Waals surface area contributed by atoms with Crippen LogP contribution >= 0.6 is 0 Å². The summed E-state index contributed by atoms with van der Waals surface area (Å²) in [5.74, 6) is -1.50. The third-order valence-electron chi connectivity index (χ3n) is 4.61. The number of hydrogen-bond acceptors (Lipinski definition) is 6. The molecule has 1 fully saturated rings. The minimum Gasteiger partial charge on any atom is -0.467 e. The smallest absolute Gasteiger partial charge is 0.410 e. The monoisotopic (exact) mass is 387 g/mol. The Morgan fingerprint density at radius 2 is 2.04 bits per heavy atom. The molecule has 0 saturated carbocycles. The molecule has 0 aliphatic carbocycles. The standard InChI is InChI=1S/C20H25N3O5/c1-14(12-21)11-16(19(25)27-2)22-18(24)17-9-6-10-23(17)20(26)28-13-15-7-4-3-5-8-15/h3-5,7-8,14,16-17H,6,9-11,13H2,1-2H3,(H,22,24)/t14-,16-,17+/m0/s1. The Morgan fingerprint density at radius 1 is 1.32 bits per heavy atom. The predicted octanol–water partition coefficient (Wildman–Crippen LogP) is 2.00. The summed E-state index contributed by atoms with van der Waals surface area (Å²) in [6.45, 7) is 2.18. The summed E-state index contributed by atoms with van der Waals surface area (Å²) in [4.78, 5) is 38.4. The van der Waals surface area contributed by atoms with Crippen LogP contribution in [0.4, 0.5) is 4.79 Å². The van der Waals surface area contributed by atoms with Gasteiger partial charge in [0.25, 0.3) is 0 Å². The molecular weight excluding hydrogens is 362 g/mol. The zero-order chi connectivity index (χ0) is 20.5. The number of amides is 2. The molecule has 1 saturated heterocycles. The Hall–Kier alpha value is -3.08. The summed E-state index contributed by atoms with van der Waals surface area (Å²) >= 11 is 0.